The van der Waals surface area contributed by atoms with E-state index in [9.17, 15) is 8.42 Å². The maximum Gasteiger partial charge on any atom is 0.282 e. The van der Waals surface area contributed by atoms with Crippen molar-refractivity contribution in [1.29, 1.82) is 0 Å². The molecule has 136 valence electrons. The molecular formula is C15H28N6O2S. The molecule has 1 aromatic heterocycles. The third-order valence-corrected chi connectivity index (χ3v) is 6.44. The molecule has 8 nitrogen and oxygen atoms in total. The number of hydrogen-bond acceptors (Lipinski definition) is 6. The molecule has 2 rings (SSSR count). The van der Waals surface area contributed by atoms with Gasteiger partial charge in [-0.3, -0.25) is 0 Å². The monoisotopic (exact) mass is 356 g/mol. The summed E-state index contributed by atoms with van der Waals surface area (Å²) in [7, 11) is 0.162. The fourth-order valence-corrected chi connectivity index (χ4v) is 4.87. The van der Waals surface area contributed by atoms with Gasteiger partial charge in [-0.15, -0.1) is 0 Å². The van der Waals surface area contributed by atoms with Crippen molar-refractivity contribution in [3.8, 4) is 0 Å². The lowest BCUT2D eigenvalue weighted by atomic mass is 10.2. The lowest BCUT2D eigenvalue weighted by Crippen LogP contribution is -2.43. The van der Waals surface area contributed by atoms with Crippen molar-refractivity contribution < 1.29 is 8.42 Å². The minimum atomic E-state index is -3.49. The van der Waals surface area contributed by atoms with Crippen LogP contribution < -0.4 is 10.6 Å². The third-order valence-electron chi connectivity index (χ3n) is 4.24. The number of anilines is 1. The molecule has 1 aliphatic rings. The Morgan fingerprint density at radius 1 is 1.29 bits per heavy atom. The first kappa shape index (κ1) is 19.0. The number of nitrogens with one attached hydrogen (secondary N) is 2. The molecule has 2 N–H and O–H groups in total. The van der Waals surface area contributed by atoms with Crippen molar-refractivity contribution in [3.63, 3.8) is 0 Å². The zero-order chi connectivity index (χ0) is 17.7. The van der Waals surface area contributed by atoms with E-state index in [1.807, 2.05) is 27.0 Å². The van der Waals surface area contributed by atoms with Crippen LogP contribution in [0.3, 0.4) is 0 Å². The molecule has 0 aromatic carbocycles. The zero-order valence-electron chi connectivity index (χ0n) is 14.9. The van der Waals surface area contributed by atoms with Crippen molar-refractivity contribution in [2.45, 2.75) is 39.3 Å². The molecular weight excluding hydrogens is 328 g/mol. The topological polar surface area (TPSA) is 90.5 Å². The van der Waals surface area contributed by atoms with Gasteiger partial charge in [0.15, 0.2) is 0 Å². The van der Waals surface area contributed by atoms with Gasteiger partial charge in [-0.05, 0) is 19.9 Å². The molecule has 0 bridgehead atoms. The number of nitrogens with zero attached hydrogens (tertiary/aromatic N) is 4. The van der Waals surface area contributed by atoms with E-state index in [1.165, 1.54) is 4.31 Å². The van der Waals surface area contributed by atoms with Gasteiger partial charge in [-0.25, -0.2) is 9.97 Å². The van der Waals surface area contributed by atoms with Crippen molar-refractivity contribution in [1.82, 2.24) is 23.9 Å². The van der Waals surface area contributed by atoms with Crippen LogP contribution in [0, 0.1) is 0 Å². The molecule has 1 saturated heterocycles. The summed E-state index contributed by atoms with van der Waals surface area (Å²) in [6.45, 7) is 5.76. The Balaban J connectivity index is 2.38. The largest absolute Gasteiger partial charge is 0.373 e. The normalized spacial score (nSPS) is 19.1. The summed E-state index contributed by atoms with van der Waals surface area (Å²) in [5, 5.41) is 6.10. The minimum Gasteiger partial charge on any atom is -0.373 e. The minimum absolute atomic E-state index is 0.306. The van der Waals surface area contributed by atoms with Crippen LogP contribution >= 0.6 is 0 Å². The van der Waals surface area contributed by atoms with Gasteiger partial charge in [0.05, 0.1) is 11.7 Å². The molecule has 0 unspecified atom stereocenters. The summed E-state index contributed by atoms with van der Waals surface area (Å²) in [4.78, 5) is 9.11. The molecule has 1 aliphatic heterocycles. The van der Waals surface area contributed by atoms with E-state index in [4.69, 9.17) is 0 Å². The molecule has 0 radical (unpaired) electrons. The molecule has 0 aliphatic carbocycles. The Kier molecular flexibility index (Phi) is 6.50. The van der Waals surface area contributed by atoms with Crippen LogP contribution in [0.15, 0.2) is 6.07 Å². The average molecular weight is 356 g/mol. The summed E-state index contributed by atoms with van der Waals surface area (Å²) < 4.78 is 28.9. The highest BCUT2D eigenvalue weighted by molar-refractivity contribution is 7.86. The second-order valence-electron chi connectivity index (χ2n) is 5.74. The number of aromatic nitrogens is 2. The number of hydrogen-bond donors (Lipinski definition) is 2. The van der Waals surface area contributed by atoms with E-state index in [2.05, 4.69) is 20.6 Å². The lowest BCUT2D eigenvalue weighted by Gasteiger charge is -2.29. The molecule has 1 atom stereocenters. The second-order valence-corrected chi connectivity index (χ2v) is 7.62. The van der Waals surface area contributed by atoms with Gasteiger partial charge in [0.25, 0.3) is 10.2 Å². The zero-order valence-corrected chi connectivity index (χ0v) is 15.7. The average Bonchev–Trinajstić information content (AvgIpc) is 3.06. The standard InChI is InChI=1S/C15H28N6O2S/c1-5-20(6-2)24(22,23)21-9-7-8-13(21)15-18-12(11-16-3)10-14(17-4)19-15/h10,13,16H,5-9,11H2,1-4H3,(H,17,18,19)/t13-/m0/s1. The quantitative estimate of drug-likeness (QED) is 0.721. The summed E-state index contributed by atoms with van der Waals surface area (Å²) in [6, 6.07) is 1.57. The van der Waals surface area contributed by atoms with Crippen molar-refractivity contribution in [2.75, 3.05) is 39.0 Å². The van der Waals surface area contributed by atoms with Crippen LogP contribution in [0.5, 0.6) is 0 Å². The number of rotatable bonds is 8. The van der Waals surface area contributed by atoms with Crippen molar-refractivity contribution >= 4 is 16.0 Å². The Bertz CT molecular complexity index is 647. The first-order chi connectivity index (χ1) is 11.5. The van der Waals surface area contributed by atoms with E-state index in [0.717, 1.165) is 18.5 Å². The fourth-order valence-electron chi connectivity index (χ4n) is 3.04. The molecule has 24 heavy (non-hydrogen) atoms. The van der Waals surface area contributed by atoms with Gasteiger partial charge in [0, 0.05) is 39.3 Å². The second kappa shape index (κ2) is 8.19. The van der Waals surface area contributed by atoms with E-state index < -0.39 is 10.2 Å². The predicted molar refractivity (Wildman–Crippen MR) is 94.9 cm³/mol. The first-order valence-corrected chi connectivity index (χ1v) is 9.84. The predicted octanol–water partition coefficient (Wildman–Crippen LogP) is 0.961. The lowest BCUT2D eigenvalue weighted by molar-refractivity contribution is 0.330. The van der Waals surface area contributed by atoms with Crippen LogP contribution in [0.1, 0.15) is 44.2 Å². The first-order valence-electron chi connectivity index (χ1n) is 8.45. The SMILES string of the molecule is CCN(CC)S(=O)(=O)N1CCC[C@H]1c1nc(CNC)cc(NC)n1. The van der Waals surface area contributed by atoms with Gasteiger partial charge in [0.2, 0.25) is 0 Å². The molecule has 9 heteroatoms. The van der Waals surface area contributed by atoms with Gasteiger partial charge < -0.3 is 10.6 Å². The van der Waals surface area contributed by atoms with E-state index in [-0.39, 0.29) is 6.04 Å². The summed E-state index contributed by atoms with van der Waals surface area (Å²) >= 11 is 0. The highest BCUT2D eigenvalue weighted by Crippen LogP contribution is 2.34. The van der Waals surface area contributed by atoms with E-state index >= 15 is 0 Å². The summed E-state index contributed by atoms with van der Waals surface area (Å²) in [5.74, 6) is 1.28. The van der Waals surface area contributed by atoms with Gasteiger partial charge >= 0.3 is 0 Å². The van der Waals surface area contributed by atoms with Crippen LogP contribution in [0.25, 0.3) is 0 Å². The summed E-state index contributed by atoms with van der Waals surface area (Å²) in [6.07, 6.45) is 1.56. The van der Waals surface area contributed by atoms with Gasteiger partial charge in [-0.2, -0.15) is 17.0 Å². The molecule has 0 spiro atoms. The molecule has 0 amide bonds. The third kappa shape index (κ3) is 3.85. The Morgan fingerprint density at radius 2 is 2.00 bits per heavy atom. The Labute approximate surface area is 144 Å². The van der Waals surface area contributed by atoms with Crippen molar-refractivity contribution in [3.05, 3.63) is 17.6 Å². The van der Waals surface area contributed by atoms with Crippen LogP contribution in [0.4, 0.5) is 5.82 Å². The van der Waals surface area contributed by atoms with E-state index in [0.29, 0.717) is 37.8 Å². The van der Waals surface area contributed by atoms with Crippen LogP contribution in [0.2, 0.25) is 0 Å². The van der Waals surface area contributed by atoms with Crippen molar-refractivity contribution in [2.24, 2.45) is 0 Å². The Hall–Kier alpha value is -1.29. The van der Waals surface area contributed by atoms with Gasteiger partial charge in [-0.1, -0.05) is 13.8 Å². The smallest absolute Gasteiger partial charge is 0.282 e. The Morgan fingerprint density at radius 3 is 2.58 bits per heavy atom. The highest BCUT2D eigenvalue weighted by atomic mass is 32.2. The molecule has 0 saturated carbocycles. The maximum absolute atomic E-state index is 12.9. The van der Waals surface area contributed by atoms with Crippen LogP contribution in [-0.4, -0.2) is 60.7 Å². The highest BCUT2D eigenvalue weighted by Gasteiger charge is 2.39. The van der Waals surface area contributed by atoms with E-state index in [1.54, 1.807) is 11.4 Å². The molecule has 2 heterocycles. The summed E-state index contributed by atoms with van der Waals surface area (Å²) in [5.41, 5.74) is 0.846. The molecule has 1 aromatic rings. The molecule has 1 fully saturated rings. The van der Waals surface area contributed by atoms with Gasteiger partial charge in [0.1, 0.15) is 11.6 Å². The van der Waals surface area contributed by atoms with Crippen LogP contribution in [-0.2, 0) is 16.8 Å². The fraction of sp³-hybridized carbons (Fsp3) is 0.733. The maximum atomic E-state index is 12.9.